The zero-order chi connectivity index (χ0) is 14.7. The summed E-state index contributed by atoms with van der Waals surface area (Å²) in [5.74, 6) is 0. The van der Waals surface area contributed by atoms with E-state index in [0.29, 0.717) is 6.04 Å². The third-order valence-corrected chi connectivity index (χ3v) is 4.29. The fourth-order valence-electron chi connectivity index (χ4n) is 3.10. The molecule has 0 amide bonds. The van der Waals surface area contributed by atoms with Gasteiger partial charge in [0.15, 0.2) is 0 Å². The highest BCUT2D eigenvalue weighted by Gasteiger charge is 2.23. The number of rotatable bonds is 4. The highest BCUT2D eigenvalue weighted by molar-refractivity contribution is 5.40. The fraction of sp³-hybridized carbons (Fsp3) is 0.474. The van der Waals surface area contributed by atoms with Gasteiger partial charge in [0.2, 0.25) is 0 Å². The molecule has 0 radical (unpaired) electrons. The second kappa shape index (κ2) is 6.30. The van der Waals surface area contributed by atoms with E-state index in [0.717, 1.165) is 19.4 Å². The number of likely N-dealkylation sites (N-methyl/N-ethyl adjacent to an activating group) is 1. The van der Waals surface area contributed by atoms with E-state index >= 15 is 0 Å². The van der Waals surface area contributed by atoms with Crippen molar-refractivity contribution in [3.63, 3.8) is 0 Å². The van der Waals surface area contributed by atoms with Crippen LogP contribution in [-0.2, 0) is 6.42 Å². The first-order chi connectivity index (χ1) is 9.60. The van der Waals surface area contributed by atoms with E-state index in [1.165, 1.54) is 28.0 Å². The van der Waals surface area contributed by atoms with E-state index < -0.39 is 0 Å². The van der Waals surface area contributed by atoms with Crippen LogP contribution in [0.1, 0.15) is 56.8 Å². The van der Waals surface area contributed by atoms with Crippen LogP contribution in [0.3, 0.4) is 0 Å². The summed E-state index contributed by atoms with van der Waals surface area (Å²) in [6.07, 6.45) is 6.94. The van der Waals surface area contributed by atoms with E-state index in [1.807, 2.05) is 0 Å². The molecule has 1 atom stereocenters. The number of hydrogen-bond donors (Lipinski definition) is 0. The maximum Gasteiger partial charge on any atom is 0.0731 e. The smallest absolute Gasteiger partial charge is 0.0731 e. The van der Waals surface area contributed by atoms with E-state index in [1.54, 1.807) is 0 Å². The number of allylic oxidation sites excluding steroid dienone is 3. The molecule has 0 fully saturated rings. The second-order valence-electron chi connectivity index (χ2n) is 5.68. The number of nitrogens with zero attached hydrogens (tertiary/aromatic N) is 1. The molecular weight excluding hydrogens is 242 g/mol. The standard InChI is InChI=1S/C19H27N/c1-6-16-10-9-15(5)18(13-16)19-12-14(4)11-17(7-2)20(19)8-3/h9-13,19H,6-8H2,1-5H3. The lowest BCUT2D eigenvalue weighted by Crippen LogP contribution is -2.29. The minimum atomic E-state index is 0.395. The summed E-state index contributed by atoms with van der Waals surface area (Å²) in [5, 5.41) is 0. The first kappa shape index (κ1) is 14.9. The summed E-state index contributed by atoms with van der Waals surface area (Å²) in [6.45, 7) is 12.2. The molecule has 0 saturated carbocycles. The molecule has 0 bridgehead atoms. The molecule has 1 aliphatic rings. The van der Waals surface area contributed by atoms with Crippen LogP contribution in [0.2, 0.25) is 0 Å². The Morgan fingerprint density at radius 1 is 1.05 bits per heavy atom. The molecule has 1 aromatic carbocycles. The highest BCUT2D eigenvalue weighted by atomic mass is 15.2. The lowest BCUT2D eigenvalue weighted by molar-refractivity contribution is 0.296. The summed E-state index contributed by atoms with van der Waals surface area (Å²) in [5.41, 5.74) is 7.13. The zero-order valence-corrected chi connectivity index (χ0v) is 13.5. The topological polar surface area (TPSA) is 3.24 Å². The Hall–Kier alpha value is -1.50. The van der Waals surface area contributed by atoms with Crippen LogP contribution in [0.25, 0.3) is 0 Å². The third-order valence-electron chi connectivity index (χ3n) is 4.29. The van der Waals surface area contributed by atoms with Crippen LogP contribution < -0.4 is 0 Å². The average molecular weight is 269 g/mol. The molecule has 1 aromatic rings. The van der Waals surface area contributed by atoms with Crippen molar-refractivity contribution >= 4 is 0 Å². The van der Waals surface area contributed by atoms with Crippen LogP contribution in [0, 0.1) is 6.92 Å². The summed E-state index contributed by atoms with van der Waals surface area (Å²) in [4.78, 5) is 2.54. The van der Waals surface area contributed by atoms with Crippen molar-refractivity contribution in [1.29, 1.82) is 0 Å². The van der Waals surface area contributed by atoms with Crippen LogP contribution in [-0.4, -0.2) is 11.4 Å². The van der Waals surface area contributed by atoms with Crippen molar-refractivity contribution in [3.05, 3.63) is 58.3 Å². The predicted molar refractivity (Wildman–Crippen MR) is 87.8 cm³/mol. The van der Waals surface area contributed by atoms with Gasteiger partial charge in [0.25, 0.3) is 0 Å². The molecule has 0 N–H and O–H groups in total. The lowest BCUT2D eigenvalue weighted by atomic mass is 9.92. The largest absolute Gasteiger partial charge is 0.365 e. The Kier molecular flexibility index (Phi) is 4.69. The molecule has 0 aliphatic carbocycles. The van der Waals surface area contributed by atoms with E-state index in [-0.39, 0.29) is 0 Å². The van der Waals surface area contributed by atoms with Gasteiger partial charge in [-0.3, -0.25) is 0 Å². The van der Waals surface area contributed by atoms with E-state index in [4.69, 9.17) is 0 Å². The average Bonchev–Trinajstić information content (AvgIpc) is 2.46. The molecule has 1 heteroatoms. The first-order valence-corrected chi connectivity index (χ1v) is 7.85. The monoisotopic (exact) mass is 269 g/mol. The van der Waals surface area contributed by atoms with Crippen molar-refractivity contribution in [2.24, 2.45) is 0 Å². The Labute approximate surface area is 124 Å². The summed E-state index contributed by atoms with van der Waals surface area (Å²) < 4.78 is 0. The van der Waals surface area contributed by atoms with Gasteiger partial charge in [-0.15, -0.1) is 0 Å². The summed E-state index contributed by atoms with van der Waals surface area (Å²) in [7, 11) is 0. The van der Waals surface area contributed by atoms with Crippen LogP contribution in [0.15, 0.2) is 41.6 Å². The van der Waals surface area contributed by atoms with Crippen LogP contribution in [0.4, 0.5) is 0 Å². The second-order valence-corrected chi connectivity index (χ2v) is 5.68. The Bertz CT molecular complexity index is 537. The molecular formula is C19H27N. The number of aryl methyl sites for hydroxylation is 2. The summed E-state index contributed by atoms with van der Waals surface area (Å²) >= 11 is 0. The molecule has 1 aliphatic heterocycles. The van der Waals surface area contributed by atoms with Gasteiger partial charge in [-0.25, -0.2) is 0 Å². The van der Waals surface area contributed by atoms with Gasteiger partial charge in [0, 0.05) is 12.2 Å². The highest BCUT2D eigenvalue weighted by Crippen LogP contribution is 2.34. The first-order valence-electron chi connectivity index (χ1n) is 7.85. The van der Waals surface area contributed by atoms with Gasteiger partial charge >= 0.3 is 0 Å². The van der Waals surface area contributed by atoms with Crippen molar-refractivity contribution in [3.8, 4) is 0 Å². The third kappa shape index (κ3) is 2.82. The quantitative estimate of drug-likeness (QED) is 0.728. The molecule has 1 heterocycles. The molecule has 1 unspecified atom stereocenters. The Balaban J connectivity index is 2.47. The zero-order valence-electron chi connectivity index (χ0n) is 13.5. The van der Waals surface area contributed by atoms with Crippen molar-refractivity contribution in [1.82, 2.24) is 4.90 Å². The molecule has 2 rings (SSSR count). The lowest BCUT2D eigenvalue weighted by Gasteiger charge is -2.37. The van der Waals surface area contributed by atoms with Crippen LogP contribution in [0.5, 0.6) is 0 Å². The fourth-order valence-corrected chi connectivity index (χ4v) is 3.10. The van der Waals surface area contributed by atoms with Gasteiger partial charge in [0.1, 0.15) is 0 Å². The SMILES string of the molecule is CCC1=CC(C)=CC(c2cc(CC)ccc2C)N1CC. The van der Waals surface area contributed by atoms with Crippen LogP contribution >= 0.6 is 0 Å². The number of hydrogen-bond acceptors (Lipinski definition) is 1. The Morgan fingerprint density at radius 3 is 2.40 bits per heavy atom. The predicted octanol–water partition coefficient (Wildman–Crippen LogP) is 5.17. The number of benzene rings is 1. The molecule has 108 valence electrons. The van der Waals surface area contributed by atoms with Gasteiger partial charge in [-0.05, 0) is 56.4 Å². The minimum Gasteiger partial charge on any atom is -0.365 e. The van der Waals surface area contributed by atoms with Gasteiger partial charge in [-0.1, -0.05) is 43.7 Å². The molecule has 0 spiro atoms. The van der Waals surface area contributed by atoms with Crippen molar-refractivity contribution in [2.75, 3.05) is 6.54 Å². The molecule has 0 saturated heterocycles. The Morgan fingerprint density at radius 2 is 1.80 bits per heavy atom. The normalized spacial score (nSPS) is 18.9. The van der Waals surface area contributed by atoms with E-state index in [9.17, 15) is 0 Å². The maximum absolute atomic E-state index is 2.54. The van der Waals surface area contributed by atoms with Gasteiger partial charge in [0.05, 0.1) is 6.04 Å². The van der Waals surface area contributed by atoms with E-state index in [2.05, 4.69) is 69.9 Å². The molecule has 20 heavy (non-hydrogen) atoms. The van der Waals surface area contributed by atoms with Gasteiger partial charge in [-0.2, -0.15) is 0 Å². The van der Waals surface area contributed by atoms with Crippen molar-refractivity contribution in [2.45, 2.75) is 53.5 Å². The minimum absolute atomic E-state index is 0.395. The molecule has 1 nitrogen and oxygen atoms in total. The summed E-state index contributed by atoms with van der Waals surface area (Å²) in [6, 6.07) is 7.32. The molecule has 0 aromatic heterocycles. The maximum atomic E-state index is 2.54. The van der Waals surface area contributed by atoms with Crippen molar-refractivity contribution < 1.29 is 0 Å². The van der Waals surface area contributed by atoms with Gasteiger partial charge < -0.3 is 4.90 Å².